The first-order valence-electron chi connectivity index (χ1n) is 8.51. The largest absolute Gasteiger partial charge is 0.326 e. The summed E-state index contributed by atoms with van der Waals surface area (Å²) in [5.41, 5.74) is 9.80. The fraction of sp³-hybridized carbons (Fsp3) is 0.667. The van der Waals surface area contributed by atoms with Crippen LogP contribution in [0.15, 0.2) is 18.2 Å². The number of nitrogens with zero attached hydrogens (tertiary/aromatic N) is 2. The minimum atomic E-state index is 0.640. The molecule has 0 spiro atoms. The Morgan fingerprint density at radius 3 is 2.43 bits per heavy atom. The van der Waals surface area contributed by atoms with Crippen molar-refractivity contribution in [3.63, 3.8) is 0 Å². The summed E-state index contributed by atoms with van der Waals surface area (Å²) in [6.07, 6.45) is 5.74. The number of nitrogens with two attached hydrogens (primary N) is 1. The molecule has 1 saturated carbocycles. The molecule has 116 valence electrons. The lowest BCUT2D eigenvalue weighted by Crippen LogP contribution is -2.49. The molecule has 0 amide bonds. The van der Waals surface area contributed by atoms with Gasteiger partial charge in [0.2, 0.25) is 0 Å². The fourth-order valence-corrected chi connectivity index (χ4v) is 3.86. The van der Waals surface area contributed by atoms with E-state index in [1.807, 2.05) is 0 Å². The van der Waals surface area contributed by atoms with E-state index in [1.165, 1.54) is 68.6 Å². The lowest BCUT2D eigenvalue weighted by molar-refractivity contribution is 0.0936. The summed E-state index contributed by atoms with van der Waals surface area (Å²) >= 11 is 0. The molecule has 0 radical (unpaired) electrons. The zero-order valence-corrected chi connectivity index (χ0v) is 13.4. The Hall–Kier alpha value is -0.900. The Morgan fingerprint density at radius 2 is 1.81 bits per heavy atom. The minimum absolute atomic E-state index is 0.640. The number of rotatable bonds is 4. The summed E-state index contributed by atoms with van der Waals surface area (Å²) in [4.78, 5) is 5.34. The number of hydrogen-bond donors (Lipinski definition) is 1. The smallest absolute Gasteiger partial charge is 0.0237 e. The Bertz CT molecular complexity index is 458. The van der Waals surface area contributed by atoms with Gasteiger partial charge < -0.3 is 5.73 Å². The molecule has 0 bridgehead atoms. The molecule has 21 heavy (non-hydrogen) atoms. The average Bonchev–Trinajstić information content (AvgIpc) is 3.04. The second kappa shape index (κ2) is 6.91. The van der Waals surface area contributed by atoms with Gasteiger partial charge in [-0.25, -0.2) is 0 Å². The maximum Gasteiger partial charge on any atom is 0.0237 e. The van der Waals surface area contributed by atoms with Gasteiger partial charge in [-0.15, -0.1) is 0 Å². The van der Waals surface area contributed by atoms with Gasteiger partial charge in [0.25, 0.3) is 0 Å². The standard InChI is InChI=1S/C18H29N3/c1-15-12-16(13-19)6-7-17(15)14-20-8-10-21(11-9-20)18-4-2-3-5-18/h6-7,12,18H,2-5,8-11,13-14,19H2,1H3. The summed E-state index contributed by atoms with van der Waals surface area (Å²) in [6, 6.07) is 7.57. The molecule has 1 aliphatic carbocycles. The molecular weight excluding hydrogens is 258 g/mol. The van der Waals surface area contributed by atoms with Crippen LogP contribution in [-0.2, 0) is 13.1 Å². The van der Waals surface area contributed by atoms with E-state index in [4.69, 9.17) is 5.73 Å². The van der Waals surface area contributed by atoms with Crippen LogP contribution in [0.25, 0.3) is 0 Å². The molecule has 3 rings (SSSR count). The van der Waals surface area contributed by atoms with E-state index in [-0.39, 0.29) is 0 Å². The molecular formula is C18H29N3. The molecule has 1 heterocycles. The molecule has 0 unspecified atom stereocenters. The average molecular weight is 287 g/mol. The second-order valence-electron chi connectivity index (χ2n) is 6.72. The Labute approximate surface area is 129 Å². The molecule has 3 heteroatoms. The first-order chi connectivity index (χ1) is 10.3. The van der Waals surface area contributed by atoms with Crippen molar-refractivity contribution < 1.29 is 0 Å². The predicted molar refractivity (Wildman–Crippen MR) is 88.2 cm³/mol. The SMILES string of the molecule is Cc1cc(CN)ccc1CN1CCN(C2CCCC2)CC1. The molecule has 1 aromatic carbocycles. The van der Waals surface area contributed by atoms with Crippen molar-refractivity contribution in [2.75, 3.05) is 26.2 Å². The van der Waals surface area contributed by atoms with Gasteiger partial charge in [-0.3, -0.25) is 9.80 Å². The number of piperazine rings is 1. The highest BCUT2D eigenvalue weighted by Gasteiger charge is 2.26. The molecule has 2 N–H and O–H groups in total. The lowest BCUT2D eigenvalue weighted by atomic mass is 10.0. The summed E-state index contributed by atoms with van der Waals surface area (Å²) in [5, 5.41) is 0. The van der Waals surface area contributed by atoms with Crippen molar-refractivity contribution in [1.82, 2.24) is 9.80 Å². The van der Waals surface area contributed by atoms with Crippen molar-refractivity contribution in [2.24, 2.45) is 5.73 Å². The third kappa shape index (κ3) is 3.65. The number of hydrogen-bond acceptors (Lipinski definition) is 3. The quantitative estimate of drug-likeness (QED) is 0.923. The van der Waals surface area contributed by atoms with Crippen molar-refractivity contribution >= 4 is 0 Å². The highest BCUT2D eigenvalue weighted by Crippen LogP contribution is 2.24. The van der Waals surface area contributed by atoms with Crippen LogP contribution < -0.4 is 5.73 Å². The van der Waals surface area contributed by atoms with Gasteiger partial charge in [-0.05, 0) is 36.5 Å². The molecule has 0 atom stereocenters. The highest BCUT2D eigenvalue weighted by molar-refractivity contribution is 5.31. The topological polar surface area (TPSA) is 32.5 Å². The predicted octanol–water partition coefficient (Wildman–Crippen LogP) is 2.51. The van der Waals surface area contributed by atoms with Crippen LogP contribution in [0.5, 0.6) is 0 Å². The molecule has 1 aliphatic heterocycles. The van der Waals surface area contributed by atoms with E-state index in [0.29, 0.717) is 6.54 Å². The molecule has 2 aliphatic rings. The van der Waals surface area contributed by atoms with Crippen LogP contribution in [-0.4, -0.2) is 42.0 Å². The first-order valence-corrected chi connectivity index (χ1v) is 8.51. The van der Waals surface area contributed by atoms with E-state index in [9.17, 15) is 0 Å². The van der Waals surface area contributed by atoms with Crippen molar-refractivity contribution in [3.05, 3.63) is 34.9 Å². The molecule has 0 aromatic heterocycles. The van der Waals surface area contributed by atoms with Gasteiger partial charge in [0, 0.05) is 45.3 Å². The summed E-state index contributed by atoms with van der Waals surface area (Å²) in [5.74, 6) is 0. The molecule has 2 fully saturated rings. The highest BCUT2D eigenvalue weighted by atomic mass is 15.3. The zero-order valence-electron chi connectivity index (χ0n) is 13.4. The van der Waals surface area contributed by atoms with E-state index < -0.39 is 0 Å². The van der Waals surface area contributed by atoms with Crippen LogP contribution in [0, 0.1) is 6.92 Å². The normalized spacial score (nSPS) is 22.0. The van der Waals surface area contributed by atoms with Gasteiger partial charge >= 0.3 is 0 Å². The number of benzene rings is 1. The lowest BCUT2D eigenvalue weighted by Gasteiger charge is -2.38. The zero-order chi connectivity index (χ0) is 14.7. The fourth-order valence-electron chi connectivity index (χ4n) is 3.86. The Balaban J connectivity index is 1.53. The van der Waals surface area contributed by atoms with E-state index in [2.05, 4.69) is 34.9 Å². The maximum atomic E-state index is 5.71. The van der Waals surface area contributed by atoms with Crippen molar-refractivity contribution in [3.8, 4) is 0 Å². The van der Waals surface area contributed by atoms with Gasteiger partial charge in [0.1, 0.15) is 0 Å². The second-order valence-corrected chi connectivity index (χ2v) is 6.72. The molecule has 3 nitrogen and oxygen atoms in total. The maximum absolute atomic E-state index is 5.71. The van der Waals surface area contributed by atoms with Gasteiger partial charge in [-0.1, -0.05) is 31.0 Å². The van der Waals surface area contributed by atoms with Gasteiger partial charge in [-0.2, -0.15) is 0 Å². The van der Waals surface area contributed by atoms with Crippen LogP contribution in [0.1, 0.15) is 42.4 Å². The molecule has 1 saturated heterocycles. The monoisotopic (exact) mass is 287 g/mol. The van der Waals surface area contributed by atoms with E-state index in [0.717, 1.165) is 12.6 Å². The first kappa shape index (κ1) is 15.0. The van der Waals surface area contributed by atoms with Crippen LogP contribution in [0.2, 0.25) is 0 Å². The third-order valence-corrected chi connectivity index (χ3v) is 5.28. The van der Waals surface area contributed by atoms with Crippen LogP contribution in [0.3, 0.4) is 0 Å². The number of aryl methyl sites for hydroxylation is 1. The van der Waals surface area contributed by atoms with Crippen LogP contribution in [0.4, 0.5) is 0 Å². The van der Waals surface area contributed by atoms with Crippen LogP contribution >= 0.6 is 0 Å². The Kier molecular flexibility index (Phi) is 4.94. The van der Waals surface area contributed by atoms with Crippen molar-refractivity contribution in [2.45, 2.75) is 51.7 Å². The van der Waals surface area contributed by atoms with E-state index >= 15 is 0 Å². The molecule has 1 aromatic rings. The Morgan fingerprint density at radius 1 is 1.10 bits per heavy atom. The van der Waals surface area contributed by atoms with Gasteiger partial charge in [0.05, 0.1) is 0 Å². The third-order valence-electron chi connectivity index (χ3n) is 5.28. The van der Waals surface area contributed by atoms with Crippen molar-refractivity contribution in [1.29, 1.82) is 0 Å². The summed E-state index contributed by atoms with van der Waals surface area (Å²) < 4.78 is 0. The van der Waals surface area contributed by atoms with Gasteiger partial charge in [0.15, 0.2) is 0 Å². The summed E-state index contributed by atoms with van der Waals surface area (Å²) in [6.45, 7) is 8.89. The van der Waals surface area contributed by atoms with E-state index in [1.54, 1.807) is 0 Å². The minimum Gasteiger partial charge on any atom is -0.326 e. The summed E-state index contributed by atoms with van der Waals surface area (Å²) in [7, 11) is 0.